The second kappa shape index (κ2) is 10.0. The number of hydrogen-bond acceptors (Lipinski definition) is 4. The van der Waals surface area contributed by atoms with E-state index in [2.05, 4.69) is 16.5 Å². The van der Waals surface area contributed by atoms with E-state index in [0.29, 0.717) is 24.3 Å². The molecule has 0 radical (unpaired) electrons. The van der Waals surface area contributed by atoms with Crippen LogP contribution in [-0.2, 0) is 16.1 Å². The molecule has 1 amide bonds. The molecule has 6 nitrogen and oxygen atoms in total. The molecule has 1 aliphatic carbocycles. The number of nitrogens with zero attached hydrogens (tertiary/aromatic N) is 2. The summed E-state index contributed by atoms with van der Waals surface area (Å²) in [6, 6.07) is 9.94. The molecule has 0 saturated heterocycles. The molecule has 0 saturated carbocycles. The second-order valence-electron chi connectivity index (χ2n) is 7.47. The number of carbonyl (C=O) groups is 2. The Morgan fingerprint density at radius 3 is 2.69 bits per heavy atom. The van der Waals surface area contributed by atoms with Gasteiger partial charge in [-0.25, -0.2) is 4.79 Å². The molecule has 0 atom stereocenters. The van der Waals surface area contributed by atoms with Gasteiger partial charge in [0.25, 0.3) is 5.91 Å². The fraction of sp³-hybridized carbons (Fsp3) is 0.435. The number of ether oxygens (including phenoxy) is 1. The molecular weight excluding hydrogens is 366 g/mol. The minimum atomic E-state index is -0.510. The van der Waals surface area contributed by atoms with Gasteiger partial charge in [0.1, 0.15) is 5.56 Å². The fourth-order valence-corrected chi connectivity index (χ4v) is 3.65. The maximum atomic E-state index is 12.5. The Hall–Kier alpha value is -2.89. The molecule has 1 aromatic carbocycles. The first kappa shape index (κ1) is 20.8. The van der Waals surface area contributed by atoms with Gasteiger partial charge < -0.3 is 10.1 Å². The van der Waals surface area contributed by atoms with Crippen LogP contribution in [0.4, 0.5) is 0 Å². The van der Waals surface area contributed by atoms with Crippen LogP contribution in [0.1, 0.15) is 59.4 Å². The van der Waals surface area contributed by atoms with E-state index < -0.39 is 5.97 Å². The Morgan fingerprint density at radius 1 is 1.17 bits per heavy atom. The number of hydrogen-bond donors (Lipinski definition) is 1. The quantitative estimate of drug-likeness (QED) is 0.546. The van der Waals surface area contributed by atoms with E-state index in [-0.39, 0.29) is 12.5 Å². The molecule has 1 N–H and O–H groups in total. The van der Waals surface area contributed by atoms with Crippen LogP contribution in [0, 0.1) is 13.8 Å². The van der Waals surface area contributed by atoms with E-state index >= 15 is 0 Å². The van der Waals surface area contributed by atoms with Crippen molar-refractivity contribution in [3.05, 3.63) is 64.5 Å². The summed E-state index contributed by atoms with van der Waals surface area (Å²) in [5, 5.41) is 7.29. The SMILES string of the molecule is Cc1nn(Cc2ccccc2)c(C)c1C(=O)OCC(=O)NCCC1=CCCCC1. The van der Waals surface area contributed by atoms with Crippen molar-refractivity contribution < 1.29 is 14.3 Å². The molecule has 0 fully saturated rings. The molecule has 1 heterocycles. The number of aromatic nitrogens is 2. The van der Waals surface area contributed by atoms with Crippen LogP contribution in [0.2, 0.25) is 0 Å². The van der Waals surface area contributed by atoms with Crippen LogP contribution in [0.5, 0.6) is 0 Å². The normalized spacial score (nSPS) is 13.7. The topological polar surface area (TPSA) is 73.2 Å². The summed E-state index contributed by atoms with van der Waals surface area (Å²) in [7, 11) is 0. The Balaban J connectivity index is 1.50. The van der Waals surface area contributed by atoms with Crippen molar-refractivity contribution in [2.75, 3.05) is 13.2 Å². The van der Waals surface area contributed by atoms with Gasteiger partial charge in [0, 0.05) is 6.54 Å². The first-order chi connectivity index (χ1) is 14.0. The van der Waals surface area contributed by atoms with Gasteiger partial charge in [-0.2, -0.15) is 5.10 Å². The van der Waals surface area contributed by atoms with Crippen LogP contribution in [0.15, 0.2) is 42.0 Å². The lowest BCUT2D eigenvalue weighted by atomic mass is 9.97. The van der Waals surface area contributed by atoms with Crippen LogP contribution in [-0.4, -0.2) is 34.8 Å². The average molecular weight is 396 g/mol. The smallest absolute Gasteiger partial charge is 0.342 e. The fourth-order valence-electron chi connectivity index (χ4n) is 3.65. The lowest BCUT2D eigenvalue weighted by Crippen LogP contribution is -2.30. The van der Waals surface area contributed by atoms with Gasteiger partial charge >= 0.3 is 5.97 Å². The predicted molar refractivity (Wildman–Crippen MR) is 112 cm³/mol. The number of rotatable bonds is 8. The lowest BCUT2D eigenvalue weighted by molar-refractivity contribution is -0.124. The summed E-state index contributed by atoms with van der Waals surface area (Å²) in [4.78, 5) is 24.5. The molecule has 3 rings (SSSR count). The Labute approximate surface area is 171 Å². The van der Waals surface area contributed by atoms with E-state index in [9.17, 15) is 9.59 Å². The van der Waals surface area contributed by atoms with Gasteiger partial charge in [-0.3, -0.25) is 9.48 Å². The van der Waals surface area contributed by atoms with Crippen LogP contribution >= 0.6 is 0 Å². The third kappa shape index (κ3) is 5.79. The minimum Gasteiger partial charge on any atom is -0.452 e. The van der Waals surface area contributed by atoms with Crippen LogP contribution in [0.3, 0.4) is 0 Å². The monoisotopic (exact) mass is 395 g/mol. The maximum absolute atomic E-state index is 12.5. The number of esters is 1. The third-order valence-electron chi connectivity index (χ3n) is 5.25. The van der Waals surface area contributed by atoms with Gasteiger partial charge in [-0.15, -0.1) is 0 Å². The Kier molecular flexibility index (Phi) is 7.22. The average Bonchev–Trinajstić information content (AvgIpc) is 3.01. The van der Waals surface area contributed by atoms with Crippen molar-refractivity contribution in [1.82, 2.24) is 15.1 Å². The van der Waals surface area contributed by atoms with Gasteiger partial charge in [0.05, 0.1) is 17.9 Å². The largest absolute Gasteiger partial charge is 0.452 e. The highest BCUT2D eigenvalue weighted by atomic mass is 16.5. The van der Waals surface area contributed by atoms with E-state index in [4.69, 9.17) is 4.74 Å². The van der Waals surface area contributed by atoms with Crippen molar-refractivity contribution in [3.63, 3.8) is 0 Å². The van der Waals surface area contributed by atoms with Crippen molar-refractivity contribution in [3.8, 4) is 0 Å². The third-order valence-corrected chi connectivity index (χ3v) is 5.25. The van der Waals surface area contributed by atoms with Crippen molar-refractivity contribution in [2.24, 2.45) is 0 Å². The number of benzene rings is 1. The zero-order valence-corrected chi connectivity index (χ0v) is 17.2. The number of amides is 1. The highest BCUT2D eigenvalue weighted by Gasteiger charge is 2.21. The van der Waals surface area contributed by atoms with E-state index in [1.165, 1.54) is 18.4 Å². The highest BCUT2D eigenvalue weighted by molar-refractivity contribution is 5.93. The summed E-state index contributed by atoms with van der Waals surface area (Å²) in [6.07, 6.45) is 7.88. The van der Waals surface area contributed by atoms with Crippen LogP contribution in [0.25, 0.3) is 0 Å². The van der Waals surface area contributed by atoms with Gasteiger partial charge in [0.2, 0.25) is 0 Å². The highest BCUT2D eigenvalue weighted by Crippen LogP contribution is 2.19. The summed E-state index contributed by atoms with van der Waals surface area (Å²) in [6.45, 7) is 4.51. The standard InChI is InChI=1S/C23H29N3O3/c1-17-22(18(2)26(25-17)15-20-11-7-4-8-12-20)23(28)29-16-21(27)24-14-13-19-9-5-3-6-10-19/h4,7-9,11-12H,3,5-6,10,13-16H2,1-2H3,(H,24,27). The van der Waals surface area contributed by atoms with Gasteiger partial charge in [0.15, 0.2) is 6.61 Å². The predicted octanol–water partition coefficient (Wildman–Crippen LogP) is 3.71. The molecule has 0 unspecified atom stereocenters. The molecule has 0 bridgehead atoms. The molecule has 0 aliphatic heterocycles. The summed E-state index contributed by atoms with van der Waals surface area (Å²) in [5.74, 6) is -0.786. The molecule has 154 valence electrons. The van der Waals surface area contributed by atoms with E-state index in [0.717, 1.165) is 30.5 Å². The molecule has 0 spiro atoms. The number of carbonyl (C=O) groups excluding carboxylic acids is 2. The molecule has 2 aromatic rings. The van der Waals surface area contributed by atoms with Gasteiger partial charge in [-0.05, 0) is 51.5 Å². The minimum absolute atomic E-state index is 0.276. The lowest BCUT2D eigenvalue weighted by Gasteiger charge is -2.13. The van der Waals surface area contributed by atoms with Crippen molar-refractivity contribution in [1.29, 1.82) is 0 Å². The molecule has 29 heavy (non-hydrogen) atoms. The Morgan fingerprint density at radius 2 is 1.97 bits per heavy atom. The first-order valence-corrected chi connectivity index (χ1v) is 10.2. The molecular formula is C23H29N3O3. The van der Waals surface area contributed by atoms with Crippen molar-refractivity contribution in [2.45, 2.75) is 52.5 Å². The van der Waals surface area contributed by atoms with E-state index in [1.54, 1.807) is 11.6 Å². The second-order valence-corrected chi connectivity index (χ2v) is 7.47. The number of nitrogens with one attached hydrogen (secondary N) is 1. The first-order valence-electron chi connectivity index (χ1n) is 10.2. The molecule has 1 aromatic heterocycles. The number of aryl methyl sites for hydroxylation is 1. The molecule has 1 aliphatic rings. The molecule has 6 heteroatoms. The maximum Gasteiger partial charge on any atom is 0.342 e. The summed E-state index contributed by atoms with van der Waals surface area (Å²) < 4.78 is 7.03. The van der Waals surface area contributed by atoms with Crippen LogP contribution < -0.4 is 5.32 Å². The Bertz CT molecular complexity index is 884. The van der Waals surface area contributed by atoms with E-state index in [1.807, 2.05) is 37.3 Å². The summed E-state index contributed by atoms with van der Waals surface area (Å²) in [5.41, 5.74) is 4.28. The summed E-state index contributed by atoms with van der Waals surface area (Å²) >= 11 is 0. The zero-order chi connectivity index (χ0) is 20.6. The zero-order valence-electron chi connectivity index (χ0n) is 17.2. The number of allylic oxidation sites excluding steroid dienone is 1. The van der Waals surface area contributed by atoms with Gasteiger partial charge in [-0.1, -0.05) is 42.0 Å². The van der Waals surface area contributed by atoms with Crippen molar-refractivity contribution >= 4 is 11.9 Å².